The monoisotopic (exact) mass is 339 g/mol. The van der Waals surface area contributed by atoms with Gasteiger partial charge in [-0.3, -0.25) is 4.79 Å². The van der Waals surface area contributed by atoms with E-state index in [9.17, 15) is 4.79 Å². The van der Waals surface area contributed by atoms with Crippen LogP contribution in [0.4, 0.5) is 0 Å². The van der Waals surface area contributed by atoms with Gasteiger partial charge in [0.1, 0.15) is 5.76 Å². The van der Waals surface area contributed by atoms with Gasteiger partial charge < -0.3 is 14.1 Å². The number of rotatable bonds is 6. The van der Waals surface area contributed by atoms with Crippen LogP contribution in [0.3, 0.4) is 0 Å². The first-order valence-electron chi connectivity index (χ1n) is 8.14. The van der Waals surface area contributed by atoms with E-state index in [-0.39, 0.29) is 5.91 Å². The maximum atomic E-state index is 13.0. The zero-order valence-electron chi connectivity index (χ0n) is 14.7. The van der Waals surface area contributed by atoms with Crippen molar-refractivity contribution in [2.75, 3.05) is 20.3 Å². The molecule has 25 heavy (non-hydrogen) atoms. The fourth-order valence-corrected chi connectivity index (χ4v) is 2.59. The van der Waals surface area contributed by atoms with E-state index in [0.29, 0.717) is 25.3 Å². The molecule has 6 heteroatoms. The number of furan rings is 1. The van der Waals surface area contributed by atoms with Crippen LogP contribution in [0.1, 0.15) is 27.5 Å². The summed E-state index contributed by atoms with van der Waals surface area (Å²) in [5.41, 5.74) is 3.84. The van der Waals surface area contributed by atoms with Crippen molar-refractivity contribution >= 4 is 16.9 Å². The molecule has 0 radical (unpaired) electrons. The molecule has 0 saturated heterocycles. The first kappa shape index (κ1) is 17.1. The lowest BCUT2D eigenvalue weighted by Crippen LogP contribution is -2.33. The molecule has 0 aliphatic heterocycles. The summed E-state index contributed by atoms with van der Waals surface area (Å²) >= 11 is 0. The number of aryl methyl sites for hydroxylation is 2. The van der Waals surface area contributed by atoms with Crippen molar-refractivity contribution in [3.63, 3.8) is 0 Å². The molecule has 3 aromatic rings. The molecule has 2 aromatic heterocycles. The summed E-state index contributed by atoms with van der Waals surface area (Å²) in [7, 11) is 1.62. The third-order valence-corrected chi connectivity index (χ3v) is 4.10. The Morgan fingerprint density at radius 1 is 1.16 bits per heavy atom. The summed E-state index contributed by atoms with van der Waals surface area (Å²) in [5.74, 6) is 0.645. The summed E-state index contributed by atoms with van der Waals surface area (Å²) in [6, 6.07) is 9.08. The summed E-state index contributed by atoms with van der Waals surface area (Å²) < 4.78 is 10.5. The molecular weight excluding hydrogens is 318 g/mol. The second-order valence-electron chi connectivity index (χ2n) is 5.90. The molecule has 0 spiro atoms. The molecule has 0 N–H and O–H groups in total. The third kappa shape index (κ3) is 3.85. The molecule has 0 unspecified atom stereocenters. The van der Waals surface area contributed by atoms with E-state index >= 15 is 0 Å². The Labute approximate surface area is 146 Å². The predicted octanol–water partition coefficient (Wildman–Crippen LogP) is 3.13. The van der Waals surface area contributed by atoms with E-state index in [1.165, 1.54) is 0 Å². The number of carbonyl (C=O) groups excluding carboxylic acids is 1. The number of benzene rings is 1. The highest BCUT2D eigenvalue weighted by molar-refractivity contribution is 5.97. The third-order valence-electron chi connectivity index (χ3n) is 4.10. The second-order valence-corrected chi connectivity index (χ2v) is 5.90. The van der Waals surface area contributed by atoms with E-state index in [1.54, 1.807) is 30.4 Å². The number of ether oxygens (including phenoxy) is 1. The first-order valence-corrected chi connectivity index (χ1v) is 8.14. The summed E-state index contributed by atoms with van der Waals surface area (Å²) in [4.78, 5) is 23.7. The minimum Gasteiger partial charge on any atom is -0.467 e. The van der Waals surface area contributed by atoms with Gasteiger partial charge in [0.05, 0.1) is 41.8 Å². The largest absolute Gasteiger partial charge is 0.467 e. The van der Waals surface area contributed by atoms with Crippen molar-refractivity contribution in [2.24, 2.45) is 0 Å². The second kappa shape index (κ2) is 7.44. The number of fused-ring (bicyclic) bond motifs is 1. The van der Waals surface area contributed by atoms with Gasteiger partial charge >= 0.3 is 0 Å². The lowest BCUT2D eigenvalue weighted by molar-refractivity contribution is 0.0666. The number of nitrogens with zero attached hydrogens (tertiary/aromatic N) is 3. The van der Waals surface area contributed by atoms with Gasteiger partial charge in [-0.25, -0.2) is 9.97 Å². The molecule has 1 amide bonds. The van der Waals surface area contributed by atoms with Crippen LogP contribution in [0.5, 0.6) is 0 Å². The number of hydrogen-bond donors (Lipinski definition) is 0. The molecule has 0 fully saturated rings. The summed E-state index contributed by atoms with van der Waals surface area (Å²) in [5, 5.41) is 0. The van der Waals surface area contributed by atoms with Crippen LogP contribution in [-0.2, 0) is 11.3 Å². The highest BCUT2D eigenvalue weighted by Gasteiger charge is 2.18. The molecule has 0 aliphatic carbocycles. The average Bonchev–Trinajstić information content (AvgIpc) is 3.11. The van der Waals surface area contributed by atoms with E-state index in [0.717, 1.165) is 28.2 Å². The van der Waals surface area contributed by atoms with Crippen LogP contribution in [-0.4, -0.2) is 41.0 Å². The van der Waals surface area contributed by atoms with E-state index in [2.05, 4.69) is 9.97 Å². The smallest absolute Gasteiger partial charge is 0.254 e. The maximum Gasteiger partial charge on any atom is 0.254 e. The Bertz CT molecular complexity index is 875. The van der Waals surface area contributed by atoms with Crippen LogP contribution >= 0.6 is 0 Å². The topological polar surface area (TPSA) is 68.5 Å². The van der Waals surface area contributed by atoms with Gasteiger partial charge in [0.15, 0.2) is 0 Å². The molecular formula is C19H21N3O3. The molecule has 0 aliphatic rings. The molecule has 6 nitrogen and oxygen atoms in total. The molecule has 2 heterocycles. The fourth-order valence-electron chi connectivity index (χ4n) is 2.59. The van der Waals surface area contributed by atoms with Crippen LogP contribution in [0.25, 0.3) is 11.0 Å². The quantitative estimate of drug-likeness (QED) is 0.690. The summed E-state index contributed by atoms with van der Waals surface area (Å²) in [6.07, 6.45) is 1.60. The Kier molecular flexibility index (Phi) is 5.09. The number of methoxy groups -OCH3 is 1. The van der Waals surface area contributed by atoms with Gasteiger partial charge in [-0.2, -0.15) is 0 Å². The Hall–Kier alpha value is -2.73. The zero-order chi connectivity index (χ0) is 17.8. The van der Waals surface area contributed by atoms with Crippen molar-refractivity contribution in [1.29, 1.82) is 0 Å². The molecule has 0 atom stereocenters. The highest BCUT2D eigenvalue weighted by atomic mass is 16.5. The number of carbonyl (C=O) groups is 1. The van der Waals surface area contributed by atoms with E-state index in [1.807, 2.05) is 32.0 Å². The van der Waals surface area contributed by atoms with E-state index < -0.39 is 0 Å². The van der Waals surface area contributed by atoms with Crippen LogP contribution in [0.2, 0.25) is 0 Å². The van der Waals surface area contributed by atoms with Gasteiger partial charge in [-0.05, 0) is 44.2 Å². The maximum absolute atomic E-state index is 13.0. The first-order chi connectivity index (χ1) is 12.1. The molecule has 0 saturated carbocycles. The number of amides is 1. The van der Waals surface area contributed by atoms with E-state index in [4.69, 9.17) is 9.15 Å². The van der Waals surface area contributed by atoms with Crippen molar-refractivity contribution < 1.29 is 13.9 Å². The lowest BCUT2D eigenvalue weighted by atomic mass is 10.1. The lowest BCUT2D eigenvalue weighted by Gasteiger charge is -2.21. The predicted molar refractivity (Wildman–Crippen MR) is 94.3 cm³/mol. The van der Waals surface area contributed by atoms with Crippen LogP contribution in [0, 0.1) is 13.8 Å². The fraction of sp³-hybridized carbons (Fsp3) is 0.316. The Morgan fingerprint density at radius 3 is 2.60 bits per heavy atom. The number of hydrogen-bond acceptors (Lipinski definition) is 5. The molecule has 0 bridgehead atoms. The average molecular weight is 339 g/mol. The van der Waals surface area contributed by atoms with Gasteiger partial charge in [0.25, 0.3) is 5.91 Å². The van der Waals surface area contributed by atoms with Crippen molar-refractivity contribution in [2.45, 2.75) is 20.4 Å². The summed E-state index contributed by atoms with van der Waals surface area (Å²) in [6.45, 7) is 5.17. The molecule has 1 aromatic carbocycles. The molecule has 3 rings (SSSR count). The normalized spacial score (nSPS) is 11.0. The Balaban J connectivity index is 1.89. The zero-order valence-corrected chi connectivity index (χ0v) is 14.7. The van der Waals surface area contributed by atoms with Crippen molar-refractivity contribution in [3.05, 3.63) is 59.3 Å². The standard InChI is InChI=1S/C19H21N3O3/c1-13-14(2)21-18-11-15(6-7-17(18)20-13)19(23)22(8-10-24-3)12-16-5-4-9-25-16/h4-7,9,11H,8,10,12H2,1-3H3. The van der Waals surface area contributed by atoms with Crippen molar-refractivity contribution in [3.8, 4) is 0 Å². The van der Waals surface area contributed by atoms with Gasteiger partial charge in [0.2, 0.25) is 0 Å². The molecule has 130 valence electrons. The SMILES string of the molecule is COCCN(Cc1ccco1)C(=O)c1ccc2nc(C)c(C)nc2c1. The minimum absolute atomic E-state index is 0.0876. The van der Waals surface area contributed by atoms with Crippen molar-refractivity contribution in [1.82, 2.24) is 14.9 Å². The Morgan fingerprint density at radius 2 is 1.92 bits per heavy atom. The van der Waals surface area contributed by atoms with Crippen LogP contribution < -0.4 is 0 Å². The highest BCUT2D eigenvalue weighted by Crippen LogP contribution is 2.17. The van der Waals surface area contributed by atoms with Gasteiger partial charge in [0, 0.05) is 19.2 Å². The van der Waals surface area contributed by atoms with Crippen LogP contribution in [0.15, 0.2) is 41.0 Å². The minimum atomic E-state index is -0.0876. The van der Waals surface area contributed by atoms with Gasteiger partial charge in [-0.1, -0.05) is 0 Å². The van der Waals surface area contributed by atoms with Gasteiger partial charge in [-0.15, -0.1) is 0 Å². The number of aromatic nitrogens is 2.